The minimum Gasteiger partial charge on any atom is -0.378 e. The Morgan fingerprint density at radius 3 is 2.21 bits per heavy atom. The Balaban J connectivity index is 2.55. The monoisotopic (exact) mass is 263 g/mol. The molecule has 0 spiro atoms. The van der Waals surface area contributed by atoms with E-state index in [0.717, 1.165) is 11.3 Å². The van der Waals surface area contributed by atoms with Gasteiger partial charge >= 0.3 is 0 Å². The summed E-state index contributed by atoms with van der Waals surface area (Å²) in [5.41, 5.74) is 7.89. The lowest BCUT2D eigenvalue weighted by Crippen LogP contribution is -2.48. The number of hydrogen-bond donors (Lipinski definition) is 2. The maximum absolute atomic E-state index is 11.9. The van der Waals surface area contributed by atoms with Gasteiger partial charge in [-0.1, -0.05) is 32.9 Å². The molecule has 0 radical (unpaired) electrons. The molecule has 106 valence electrons. The zero-order chi connectivity index (χ0) is 14.6. The molecule has 0 saturated carbocycles. The van der Waals surface area contributed by atoms with Crippen molar-refractivity contribution in [1.29, 1.82) is 0 Å². The highest BCUT2D eigenvalue weighted by molar-refractivity contribution is 5.82. The molecule has 19 heavy (non-hydrogen) atoms. The zero-order valence-corrected chi connectivity index (χ0v) is 12.5. The number of nitrogens with two attached hydrogens (primary N) is 1. The van der Waals surface area contributed by atoms with Crippen molar-refractivity contribution >= 4 is 11.6 Å². The summed E-state index contributed by atoms with van der Waals surface area (Å²) in [6, 6.07) is 7.60. The van der Waals surface area contributed by atoms with Gasteiger partial charge in [0.2, 0.25) is 5.91 Å². The highest BCUT2D eigenvalue weighted by atomic mass is 16.2. The van der Waals surface area contributed by atoms with Crippen molar-refractivity contribution in [3.05, 3.63) is 29.8 Å². The Morgan fingerprint density at radius 2 is 1.79 bits per heavy atom. The topological polar surface area (TPSA) is 58.4 Å². The van der Waals surface area contributed by atoms with Crippen molar-refractivity contribution in [3.63, 3.8) is 0 Å². The van der Waals surface area contributed by atoms with Crippen LogP contribution in [0.2, 0.25) is 0 Å². The molecule has 1 amide bonds. The highest BCUT2D eigenvalue weighted by Crippen LogP contribution is 2.17. The van der Waals surface area contributed by atoms with E-state index < -0.39 is 6.04 Å². The Labute approximate surface area is 116 Å². The summed E-state index contributed by atoms with van der Waals surface area (Å²) >= 11 is 0. The minimum atomic E-state index is -0.492. The molecule has 0 fully saturated rings. The van der Waals surface area contributed by atoms with E-state index in [0.29, 0.717) is 6.54 Å². The second-order valence-corrected chi connectivity index (χ2v) is 6.12. The number of hydrogen-bond acceptors (Lipinski definition) is 3. The molecule has 1 aromatic carbocycles. The fourth-order valence-corrected chi connectivity index (χ4v) is 1.60. The third kappa shape index (κ3) is 4.56. The summed E-state index contributed by atoms with van der Waals surface area (Å²) in [5.74, 6) is -0.107. The van der Waals surface area contributed by atoms with Crippen molar-refractivity contribution < 1.29 is 4.79 Å². The molecule has 0 aliphatic heterocycles. The Bertz CT molecular complexity index is 418. The van der Waals surface area contributed by atoms with E-state index in [4.69, 9.17) is 5.73 Å². The Kier molecular flexibility index (Phi) is 4.95. The first kappa shape index (κ1) is 15.5. The van der Waals surface area contributed by atoms with Gasteiger partial charge in [0.25, 0.3) is 0 Å². The molecule has 1 atom stereocenters. The maximum Gasteiger partial charge on any atom is 0.237 e. The average Bonchev–Trinajstić information content (AvgIpc) is 2.34. The SMILES string of the molecule is CN(C)c1ccc(CNC(=O)C(N)C(C)(C)C)cc1. The molecule has 1 unspecified atom stereocenters. The van der Waals surface area contributed by atoms with Gasteiger partial charge in [0.15, 0.2) is 0 Å². The van der Waals surface area contributed by atoms with E-state index in [1.165, 1.54) is 0 Å². The summed E-state index contributed by atoms with van der Waals surface area (Å²) in [5, 5.41) is 2.88. The first-order chi connectivity index (χ1) is 8.71. The molecular formula is C15H25N3O. The van der Waals surface area contributed by atoms with Crippen LogP contribution in [0.1, 0.15) is 26.3 Å². The summed E-state index contributed by atoms with van der Waals surface area (Å²) in [6.45, 7) is 6.39. The summed E-state index contributed by atoms with van der Waals surface area (Å²) in [4.78, 5) is 13.9. The number of carbonyl (C=O) groups excluding carboxylic acids is 1. The van der Waals surface area contributed by atoms with Crippen molar-refractivity contribution in [1.82, 2.24) is 5.32 Å². The summed E-state index contributed by atoms with van der Waals surface area (Å²) in [6.07, 6.45) is 0. The number of rotatable bonds is 4. The first-order valence-electron chi connectivity index (χ1n) is 6.51. The molecule has 0 saturated heterocycles. The quantitative estimate of drug-likeness (QED) is 0.870. The third-order valence-corrected chi connectivity index (χ3v) is 3.13. The van der Waals surface area contributed by atoms with Crippen LogP contribution >= 0.6 is 0 Å². The highest BCUT2D eigenvalue weighted by Gasteiger charge is 2.26. The second-order valence-electron chi connectivity index (χ2n) is 6.12. The summed E-state index contributed by atoms with van der Waals surface area (Å²) in [7, 11) is 4.00. The smallest absolute Gasteiger partial charge is 0.237 e. The molecule has 4 nitrogen and oxygen atoms in total. The van der Waals surface area contributed by atoms with Crippen LogP contribution < -0.4 is 16.0 Å². The van der Waals surface area contributed by atoms with Gasteiger partial charge in [-0.3, -0.25) is 4.79 Å². The molecule has 0 aliphatic carbocycles. The van der Waals surface area contributed by atoms with Crippen LogP contribution in [0.5, 0.6) is 0 Å². The van der Waals surface area contributed by atoms with Gasteiger partial charge in [-0.15, -0.1) is 0 Å². The number of benzene rings is 1. The number of nitrogens with one attached hydrogen (secondary N) is 1. The normalized spacial score (nSPS) is 12.9. The second kappa shape index (κ2) is 6.06. The molecule has 1 rings (SSSR count). The number of anilines is 1. The van der Waals surface area contributed by atoms with Crippen LogP contribution in [0.4, 0.5) is 5.69 Å². The van der Waals surface area contributed by atoms with E-state index in [2.05, 4.69) is 5.32 Å². The molecular weight excluding hydrogens is 238 g/mol. The van der Waals surface area contributed by atoms with Gasteiger partial charge in [-0.2, -0.15) is 0 Å². The largest absolute Gasteiger partial charge is 0.378 e. The van der Waals surface area contributed by atoms with Gasteiger partial charge in [-0.05, 0) is 23.1 Å². The van der Waals surface area contributed by atoms with Crippen molar-refractivity contribution in [2.75, 3.05) is 19.0 Å². The van der Waals surface area contributed by atoms with E-state index in [1.54, 1.807) is 0 Å². The van der Waals surface area contributed by atoms with Crippen molar-refractivity contribution in [3.8, 4) is 0 Å². The third-order valence-electron chi connectivity index (χ3n) is 3.13. The van der Waals surface area contributed by atoms with Gasteiger partial charge < -0.3 is 16.0 Å². The van der Waals surface area contributed by atoms with Gasteiger partial charge in [0.1, 0.15) is 0 Å². The van der Waals surface area contributed by atoms with Crippen molar-refractivity contribution in [2.45, 2.75) is 33.4 Å². The van der Waals surface area contributed by atoms with E-state index >= 15 is 0 Å². The van der Waals surface area contributed by atoms with E-state index in [1.807, 2.05) is 64.0 Å². The van der Waals surface area contributed by atoms with Crippen LogP contribution in [0, 0.1) is 5.41 Å². The Hall–Kier alpha value is -1.55. The predicted octanol–water partition coefficient (Wildman–Crippen LogP) is 1.74. The lowest BCUT2D eigenvalue weighted by atomic mass is 9.87. The predicted molar refractivity (Wildman–Crippen MR) is 80.0 cm³/mol. The minimum absolute atomic E-state index is 0.107. The molecule has 1 aromatic rings. The molecule has 4 heteroatoms. The van der Waals surface area contributed by atoms with Gasteiger partial charge in [0.05, 0.1) is 6.04 Å². The lowest BCUT2D eigenvalue weighted by Gasteiger charge is -2.25. The lowest BCUT2D eigenvalue weighted by molar-refractivity contribution is -0.124. The molecule has 0 aliphatic rings. The number of amides is 1. The first-order valence-corrected chi connectivity index (χ1v) is 6.51. The van der Waals surface area contributed by atoms with Crippen LogP contribution in [0.3, 0.4) is 0 Å². The molecule has 0 aromatic heterocycles. The molecule has 0 heterocycles. The van der Waals surface area contributed by atoms with Crippen LogP contribution in [0.15, 0.2) is 24.3 Å². The standard InChI is InChI=1S/C15H25N3O/c1-15(2,3)13(16)14(19)17-10-11-6-8-12(9-7-11)18(4)5/h6-9,13H,10,16H2,1-5H3,(H,17,19). The molecule has 3 N–H and O–H groups in total. The average molecular weight is 263 g/mol. The van der Waals surface area contributed by atoms with E-state index in [-0.39, 0.29) is 11.3 Å². The van der Waals surface area contributed by atoms with Crippen molar-refractivity contribution in [2.24, 2.45) is 11.1 Å². The Morgan fingerprint density at radius 1 is 1.26 bits per heavy atom. The van der Waals surface area contributed by atoms with Crippen LogP contribution in [0.25, 0.3) is 0 Å². The van der Waals surface area contributed by atoms with Gasteiger partial charge in [0, 0.05) is 26.3 Å². The number of nitrogens with zero attached hydrogens (tertiary/aromatic N) is 1. The van der Waals surface area contributed by atoms with Gasteiger partial charge in [-0.25, -0.2) is 0 Å². The fraction of sp³-hybridized carbons (Fsp3) is 0.533. The number of carbonyl (C=O) groups is 1. The van der Waals surface area contributed by atoms with Crippen LogP contribution in [-0.2, 0) is 11.3 Å². The molecule has 0 bridgehead atoms. The van der Waals surface area contributed by atoms with Crippen LogP contribution in [-0.4, -0.2) is 26.0 Å². The zero-order valence-electron chi connectivity index (χ0n) is 12.5. The van der Waals surface area contributed by atoms with E-state index in [9.17, 15) is 4.79 Å². The maximum atomic E-state index is 11.9. The fourth-order valence-electron chi connectivity index (χ4n) is 1.60. The summed E-state index contributed by atoms with van der Waals surface area (Å²) < 4.78 is 0.